The van der Waals surface area contributed by atoms with Crippen molar-refractivity contribution in [1.82, 2.24) is 14.7 Å². The molecular weight excluding hydrogens is 378 g/mol. The van der Waals surface area contributed by atoms with E-state index in [-0.39, 0.29) is 6.03 Å². The van der Waals surface area contributed by atoms with Crippen LogP contribution in [0.2, 0.25) is 5.02 Å². The van der Waals surface area contributed by atoms with E-state index in [1.807, 2.05) is 48.5 Å². The number of para-hydroxylation sites is 1. The number of carbonyl (C=O) groups is 1. The molecule has 1 aliphatic heterocycles. The van der Waals surface area contributed by atoms with Gasteiger partial charge in [0, 0.05) is 18.7 Å². The number of carbonyl (C=O) groups excluding carboxylic acids is 1. The van der Waals surface area contributed by atoms with Gasteiger partial charge in [-0.2, -0.15) is 5.10 Å². The van der Waals surface area contributed by atoms with E-state index in [9.17, 15) is 4.79 Å². The first-order valence-corrected chi connectivity index (χ1v) is 9.35. The van der Waals surface area contributed by atoms with Gasteiger partial charge in [0.2, 0.25) is 0 Å². The summed E-state index contributed by atoms with van der Waals surface area (Å²) in [5, 5.41) is 8.11. The molecule has 0 bridgehead atoms. The average Bonchev–Trinajstić information content (AvgIpc) is 3.06. The molecule has 28 heavy (non-hydrogen) atoms. The Balaban J connectivity index is 1.77. The summed E-state index contributed by atoms with van der Waals surface area (Å²) < 4.78 is 6.87. The summed E-state index contributed by atoms with van der Waals surface area (Å²) in [5.74, 6) is 0.313. The lowest BCUT2D eigenvalue weighted by molar-refractivity contribution is 0.0565. The van der Waals surface area contributed by atoms with E-state index in [1.54, 1.807) is 15.6 Å². The second kappa shape index (κ2) is 7.92. The second-order valence-corrected chi connectivity index (χ2v) is 6.77. The molecule has 1 fully saturated rings. The number of hydrogen-bond donors (Lipinski definition) is 2. The molecule has 0 spiro atoms. The topological polar surface area (TPSA) is 85.4 Å². The first-order valence-electron chi connectivity index (χ1n) is 8.97. The predicted octanol–water partition coefficient (Wildman–Crippen LogP) is 3.64. The van der Waals surface area contributed by atoms with Gasteiger partial charge in [0.15, 0.2) is 5.82 Å². The number of anilines is 2. The maximum absolute atomic E-state index is 12.8. The highest BCUT2D eigenvalue weighted by molar-refractivity contribution is 6.32. The molecule has 1 saturated heterocycles. The number of rotatable bonds is 3. The van der Waals surface area contributed by atoms with Gasteiger partial charge in [-0.05, 0) is 12.1 Å². The molecule has 2 aromatic carbocycles. The molecule has 1 aromatic heterocycles. The quantitative estimate of drug-likeness (QED) is 0.706. The van der Waals surface area contributed by atoms with Crippen LogP contribution >= 0.6 is 11.6 Å². The minimum atomic E-state index is -0.231. The number of nitrogens with two attached hydrogens (primary N) is 1. The fourth-order valence-corrected chi connectivity index (χ4v) is 3.33. The van der Waals surface area contributed by atoms with E-state index in [1.165, 1.54) is 0 Å². The number of hydrogen-bond acceptors (Lipinski definition) is 4. The molecular formula is C20H20ClN5O2. The molecule has 144 valence electrons. The Bertz CT molecular complexity index is 984. The number of aromatic nitrogens is 2. The van der Waals surface area contributed by atoms with E-state index >= 15 is 0 Å². The van der Waals surface area contributed by atoms with Crippen LogP contribution in [0.1, 0.15) is 0 Å². The van der Waals surface area contributed by atoms with Crippen molar-refractivity contribution in [2.75, 3.05) is 37.4 Å². The van der Waals surface area contributed by atoms with Gasteiger partial charge in [-0.25, -0.2) is 9.48 Å². The summed E-state index contributed by atoms with van der Waals surface area (Å²) in [7, 11) is 0. The van der Waals surface area contributed by atoms with Crippen LogP contribution in [-0.2, 0) is 4.74 Å². The van der Waals surface area contributed by atoms with Crippen molar-refractivity contribution in [3.05, 3.63) is 59.6 Å². The van der Waals surface area contributed by atoms with Crippen LogP contribution in [0.5, 0.6) is 0 Å². The summed E-state index contributed by atoms with van der Waals surface area (Å²) in [6.45, 7) is 2.11. The Hall–Kier alpha value is -3.03. The summed E-state index contributed by atoms with van der Waals surface area (Å²) in [6.07, 6.45) is 0. The van der Waals surface area contributed by atoms with Crippen molar-refractivity contribution in [1.29, 1.82) is 0 Å². The third-order valence-corrected chi connectivity index (χ3v) is 4.90. The summed E-state index contributed by atoms with van der Waals surface area (Å²) in [5.41, 5.74) is 8.94. The van der Waals surface area contributed by atoms with Crippen LogP contribution in [-0.4, -0.2) is 47.0 Å². The van der Waals surface area contributed by atoms with Crippen LogP contribution < -0.4 is 11.1 Å². The lowest BCUT2D eigenvalue weighted by atomic mass is 10.1. The Labute approximate surface area is 167 Å². The van der Waals surface area contributed by atoms with Gasteiger partial charge >= 0.3 is 6.03 Å². The Morgan fingerprint density at radius 1 is 1.07 bits per heavy atom. The maximum Gasteiger partial charge on any atom is 0.322 e. The fraction of sp³-hybridized carbons (Fsp3) is 0.200. The van der Waals surface area contributed by atoms with Crippen LogP contribution in [0.3, 0.4) is 0 Å². The van der Waals surface area contributed by atoms with Crippen molar-refractivity contribution in [3.8, 4) is 16.9 Å². The highest BCUT2D eigenvalue weighted by atomic mass is 35.5. The maximum atomic E-state index is 12.8. The lowest BCUT2D eigenvalue weighted by Gasteiger charge is -2.27. The van der Waals surface area contributed by atoms with Gasteiger partial charge < -0.3 is 20.7 Å². The molecule has 3 N–H and O–H groups in total. The number of amides is 2. The van der Waals surface area contributed by atoms with E-state index in [2.05, 4.69) is 10.4 Å². The Kier molecular flexibility index (Phi) is 5.18. The van der Waals surface area contributed by atoms with Crippen molar-refractivity contribution in [2.45, 2.75) is 0 Å². The van der Waals surface area contributed by atoms with E-state index in [0.29, 0.717) is 54.2 Å². The number of ether oxygens (including phenoxy) is 1. The number of morpholine rings is 1. The number of nitrogens with zero attached hydrogens (tertiary/aromatic N) is 3. The Morgan fingerprint density at radius 3 is 2.46 bits per heavy atom. The fourth-order valence-electron chi connectivity index (χ4n) is 3.11. The van der Waals surface area contributed by atoms with Crippen molar-refractivity contribution < 1.29 is 9.53 Å². The van der Waals surface area contributed by atoms with Gasteiger partial charge in [-0.3, -0.25) is 0 Å². The molecule has 0 unspecified atom stereocenters. The predicted molar refractivity (Wildman–Crippen MR) is 110 cm³/mol. The minimum Gasteiger partial charge on any atom is -0.382 e. The summed E-state index contributed by atoms with van der Waals surface area (Å²) in [6, 6.07) is 16.6. The number of benzene rings is 2. The monoisotopic (exact) mass is 397 g/mol. The lowest BCUT2D eigenvalue weighted by Crippen LogP contribution is -2.43. The number of urea groups is 1. The van der Waals surface area contributed by atoms with Crippen LogP contribution in [0.4, 0.5) is 16.3 Å². The van der Waals surface area contributed by atoms with Crippen molar-refractivity contribution in [2.24, 2.45) is 0 Å². The van der Waals surface area contributed by atoms with Gasteiger partial charge in [0.05, 0.1) is 23.9 Å². The first-order chi connectivity index (χ1) is 13.6. The van der Waals surface area contributed by atoms with Crippen LogP contribution in [0.25, 0.3) is 16.9 Å². The zero-order valence-electron chi connectivity index (χ0n) is 15.1. The molecule has 8 heteroatoms. The SMILES string of the molecule is Nc1c(NC(=O)N2CCOCC2)c(-c2ccccc2)nn1-c1ccccc1Cl. The highest BCUT2D eigenvalue weighted by Crippen LogP contribution is 2.35. The third kappa shape index (κ3) is 3.54. The molecule has 7 nitrogen and oxygen atoms in total. The molecule has 3 aromatic rings. The number of halogens is 1. The standard InChI is InChI=1S/C20H20ClN5O2/c21-15-8-4-5-9-16(15)26-19(22)18(17(24-26)14-6-2-1-3-7-14)23-20(27)25-10-12-28-13-11-25/h1-9H,10-13,22H2,(H,23,27). The van der Waals surface area contributed by atoms with E-state index in [4.69, 9.17) is 22.1 Å². The van der Waals surface area contributed by atoms with Crippen molar-refractivity contribution in [3.63, 3.8) is 0 Å². The zero-order chi connectivity index (χ0) is 19.5. The third-order valence-electron chi connectivity index (χ3n) is 4.58. The normalized spacial score (nSPS) is 14.1. The van der Waals surface area contributed by atoms with E-state index in [0.717, 1.165) is 5.56 Å². The summed E-state index contributed by atoms with van der Waals surface area (Å²) in [4.78, 5) is 14.5. The summed E-state index contributed by atoms with van der Waals surface area (Å²) >= 11 is 6.34. The van der Waals surface area contributed by atoms with Gasteiger partial charge in [0.25, 0.3) is 0 Å². The molecule has 1 aliphatic rings. The van der Waals surface area contributed by atoms with Crippen molar-refractivity contribution >= 4 is 29.1 Å². The molecule has 0 atom stereocenters. The number of nitrogens with one attached hydrogen (secondary N) is 1. The smallest absolute Gasteiger partial charge is 0.322 e. The zero-order valence-corrected chi connectivity index (χ0v) is 15.9. The highest BCUT2D eigenvalue weighted by Gasteiger charge is 2.24. The Morgan fingerprint density at radius 2 is 1.75 bits per heavy atom. The molecule has 2 amide bonds. The second-order valence-electron chi connectivity index (χ2n) is 6.37. The number of nitrogen functional groups attached to an aromatic ring is 1. The molecule has 4 rings (SSSR count). The molecule has 0 radical (unpaired) electrons. The van der Waals surface area contributed by atoms with Gasteiger partial charge in [0.1, 0.15) is 11.4 Å². The largest absolute Gasteiger partial charge is 0.382 e. The van der Waals surface area contributed by atoms with Gasteiger partial charge in [-0.1, -0.05) is 54.1 Å². The van der Waals surface area contributed by atoms with Gasteiger partial charge in [-0.15, -0.1) is 0 Å². The molecule has 0 saturated carbocycles. The minimum absolute atomic E-state index is 0.231. The molecule has 0 aliphatic carbocycles. The van der Waals surface area contributed by atoms with E-state index < -0.39 is 0 Å². The first kappa shape index (κ1) is 18.3. The van der Waals surface area contributed by atoms with Crippen LogP contribution in [0, 0.1) is 0 Å². The average molecular weight is 398 g/mol. The molecule has 2 heterocycles. The van der Waals surface area contributed by atoms with Crippen LogP contribution in [0.15, 0.2) is 54.6 Å².